The number of aliphatic hydroxyl groups is 1. The van der Waals surface area contributed by atoms with Crippen LogP contribution in [0.15, 0.2) is 18.2 Å². The van der Waals surface area contributed by atoms with E-state index in [1.165, 1.54) is 11.3 Å². The average molecular weight is 423 g/mol. The van der Waals surface area contributed by atoms with Gasteiger partial charge in [-0.1, -0.05) is 11.6 Å². The summed E-state index contributed by atoms with van der Waals surface area (Å²) < 4.78 is 0. The molecule has 0 bridgehead atoms. The minimum Gasteiger partial charge on any atom is -0.391 e. The van der Waals surface area contributed by atoms with Crippen LogP contribution in [0.2, 0.25) is 5.02 Å². The zero-order valence-corrected chi connectivity index (χ0v) is 17.3. The van der Waals surface area contributed by atoms with Crippen molar-refractivity contribution in [2.45, 2.75) is 45.4 Å². The summed E-state index contributed by atoms with van der Waals surface area (Å²) in [5, 5.41) is 19.5. The van der Waals surface area contributed by atoms with Crippen LogP contribution in [0.1, 0.15) is 40.0 Å². The molecule has 150 valence electrons. The first-order valence-corrected chi connectivity index (χ1v) is 10.3. The summed E-state index contributed by atoms with van der Waals surface area (Å²) in [6, 6.07) is 4.59. The summed E-state index contributed by atoms with van der Waals surface area (Å²) in [4.78, 5) is 30.2. The normalized spacial score (nSPS) is 17.4. The molecule has 2 aromatic rings. The van der Waals surface area contributed by atoms with E-state index in [9.17, 15) is 14.7 Å². The number of anilines is 1. The van der Waals surface area contributed by atoms with Crippen molar-refractivity contribution in [3.05, 3.63) is 44.4 Å². The van der Waals surface area contributed by atoms with Crippen LogP contribution in [0, 0.1) is 13.8 Å². The first-order chi connectivity index (χ1) is 13.4. The molecule has 1 aromatic carbocycles. The lowest BCUT2D eigenvalue weighted by Gasteiger charge is -2.23. The van der Waals surface area contributed by atoms with Gasteiger partial charge in [0.05, 0.1) is 23.2 Å². The molecule has 2 heterocycles. The lowest BCUT2D eigenvalue weighted by molar-refractivity contribution is -0.136. The summed E-state index contributed by atoms with van der Waals surface area (Å²) in [5.74, 6) is -1.48. The molecule has 2 amide bonds. The number of hydrogen-bond donors (Lipinski definition) is 4. The minimum absolute atomic E-state index is 0.00776. The van der Waals surface area contributed by atoms with Crippen LogP contribution < -0.4 is 16.0 Å². The van der Waals surface area contributed by atoms with Gasteiger partial charge in [-0.3, -0.25) is 9.59 Å². The smallest absolute Gasteiger partial charge is 0.313 e. The number of amides is 2. The summed E-state index contributed by atoms with van der Waals surface area (Å²) >= 11 is 7.35. The number of benzene rings is 1. The second-order valence-corrected chi connectivity index (χ2v) is 8.31. The van der Waals surface area contributed by atoms with E-state index in [-0.39, 0.29) is 12.6 Å². The molecule has 0 radical (unpaired) electrons. The summed E-state index contributed by atoms with van der Waals surface area (Å²) in [6.45, 7) is 4.40. The highest BCUT2D eigenvalue weighted by Crippen LogP contribution is 2.29. The minimum atomic E-state index is -0.750. The van der Waals surface area contributed by atoms with Crippen LogP contribution in [0.4, 0.5) is 5.69 Å². The molecule has 1 aromatic heterocycles. The van der Waals surface area contributed by atoms with Crippen LogP contribution in [-0.4, -0.2) is 34.5 Å². The van der Waals surface area contributed by atoms with Crippen molar-refractivity contribution in [2.24, 2.45) is 0 Å². The van der Waals surface area contributed by atoms with Gasteiger partial charge in [0, 0.05) is 16.8 Å². The van der Waals surface area contributed by atoms with E-state index in [0.717, 1.165) is 35.5 Å². The average Bonchev–Trinajstić information content (AvgIpc) is 3.32. The summed E-state index contributed by atoms with van der Waals surface area (Å²) in [7, 11) is 0. The fourth-order valence-electron chi connectivity index (χ4n) is 3.18. The molecular weight excluding hydrogens is 400 g/mol. The molecule has 28 heavy (non-hydrogen) atoms. The molecule has 1 fully saturated rings. The Bertz CT molecular complexity index is 880. The number of carbonyl (C=O) groups excluding carboxylic acids is 2. The molecule has 1 saturated heterocycles. The number of nitrogens with zero attached hydrogens (tertiary/aromatic N) is 1. The third-order valence-corrected chi connectivity index (χ3v) is 6.38. The van der Waals surface area contributed by atoms with Crippen molar-refractivity contribution >= 4 is 40.4 Å². The quantitative estimate of drug-likeness (QED) is 0.554. The SMILES string of the molecule is Cc1cc(NC(=O)C(=O)NC(c2nc(C)c(CO)s2)C2CCCN2)ccc1Cl. The Morgan fingerprint density at radius 1 is 1.39 bits per heavy atom. The Balaban J connectivity index is 1.74. The van der Waals surface area contributed by atoms with Gasteiger partial charge in [-0.15, -0.1) is 11.3 Å². The van der Waals surface area contributed by atoms with Gasteiger partial charge in [0.2, 0.25) is 0 Å². The lowest BCUT2D eigenvalue weighted by Crippen LogP contribution is -2.44. The van der Waals surface area contributed by atoms with Crippen LogP contribution in [0.25, 0.3) is 0 Å². The topological polar surface area (TPSA) is 103 Å². The van der Waals surface area contributed by atoms with Gasteiger partial charge in [-0.05, 0) is 57.0 Å². The summed E-state index contributed by atoms with van der Waals surface area (Å²) in [6.07, 6.45) is 1.86. The highest BCUT2D eigenvalue weighted by molar-refractivity contribution is 7.11. The molecule has 1 aliphatic heterocycles. The molecular formula is C19H23ClN4O3S. The standard InChI is InChI=1S/C19H23ClN4O3S/c1-10-8-12(5-6-13(10)20)23-17(26)18(27)24-16(14-4-3-7-21-14)19-22-11(2)15(9-25)28-19/h5-6,8,14,16,21,25H,3-4,7,9H2,1-2H3,(H,23,26)(H,24,27). The van der Waals surface area contributed by atoms with E-state index >= 15 is 0 Å². The van der Waals surface area contributed by atoms with Crippen LogP contribution in [0.5, 0.6) is 0 Å². The van der Waals surface area contributed by atoms with E-state index < -0.39 is 17.9 Å². The summed E-state index contributed by atoms with van der Waals surface area (Å²) in [5.41, 5.74) is 2.05. The van der Waals surface area contributed by atoms with Crippen LogP contribution in [-0.2, 0) is 16.2 Å². The molecule has 1 aliphatic rings. The third kappa shape index (κ3) is 4.70. The highest BCUT2D eigenvalue weighted by Gasteiger charge is 2.32. The third-order valence-electron chi connectivity index (χ3n) is 4.73. The second kappa shape index (κ2) is 9.00. The molecule has 9 heteroatoms. The number of aliphatic hydroxyl groups excluding tert-OH is 1. The molecule has 3 rings (SSSR count). The van der Waals surface area contributed by atoms with Crippen LogP contribution >= 0.6 is 22.9 Å². The molecule has 0 spiro atoms. The number of aromatic nitrogens is 1. The Hall–Kier alpha value is -2.00. The van der Waals surface area contributed by atoms with Crippen molar-refractivity contribution in [3.8, 4) is 0 Å². The fraction of sp³-hybridized carbons (Fsp3) is 0.421. The Morgan fingerprint density at radius 3 is 2.79 bits per heavy atom. The van der Waals surface area contributed by atoms with E-state index in [2.05, 4.69) is 20.9 Å². The van der Waals surface area contributed by atoms with E-state index in [0.29, 0.717) is 15.7 Å². The van der Waals surface area contributed by atoms with Gasteiger partial charge in [-0.25, -0.2) is 4.98 Å². The first-order valence-electron chi connectivity index (χ1n) is 9.07. The molecule has 2 unspecified atom stereocenters. The van der Waals surface area contributed by atoms with Crippen molar-refractivity contribution in [2.75, 3.05) is 11.9 Å². The van der Waals surface area contributed by atoms with Crippen molar-refractivity contribution in [1.82, 2.24) is 15.6 Å². The maximum Gasteiger partial charge on any atom is 0.313 e. The Labute approximate surface area is 172 Å². The highest BCUT2D eigenvalue weighted by atomic mass is 35.5. The number of halogens is 1. The molecule has 7 nitrogen and oxygen atoms in total. The number of hydrogen-bond acceptors (Lipinski definition) is 6. The van der Waals surface area contributed by atoms with E-state index in [1.54, 1.807) is 18.2 Å². The van der Waals surface area contributed by atoms with Crippen molar-refractivity contribution in [3.63, 3.8) is 0 Å². The van der Waals surface area contributed by atoms with Gasteiger partial charge in [0.1, 0.15) is 5.01 Å². The molecule has 2 atom stereocenters. The van der Waals surface area contributed by atoms with Gasteiger partial charge >= 0.3 is 11.8 Å². The maximum atomic E-state index is 12.6. The molecule has 4 N–H and O–H groups in total. The maximum absolute atomic E-state index is 12.6. The van der Waals surface area contributed by atoms with E-state index in [4.69, 9.17) is 11.6 Å². The van der Waals surface area contributed by atoms with E-state index in [1.807, 2.05) is 13.8 Å². The number of aryl methyl sites for hydroxylation is 2. The first kappa shape index (κ1) is 20.7. The van der Waals surface area contributed by atoms with Gasteiger partial charge in [0.25, 0.3) is 0 Å². The largest absolute Gasteiger partial charge is 0.391 e. The number of thiazole rings is 1. The molecule has 0 saturated carbocycles. The van der Waals surface area contributed by atoms with Gasteiger partial charge < -0.3 is 21.1 Å². The Kier molecular flexibility index (Phi) is 6.66. The molecule has 0 aliphatic carbocycles. The van der Waals surface area contributed by atoms with Gasteiger partial charge in [0.15, 0.2) is 0 Å². The van der Waals surface area contributed by atoms with Crippen LogP contribution in [0.3, 0.4) is 0 Å². The number of carbonyl (C=O) groups is 2. The monoisotopic (exact) mass is 422 g/mol. The zero-order chi connectivity index (χ0) is 20.3. The van der Waals surface area contributed by atoms with Crippen molar-refractivity contribution < 1.29 is 14.7 Å². The predicted molar refractivity (Wildman–Crippen MR) is 110 cm³/mol. The van der Waals surface area contributed by atoms with Crippen molar-refractivity contribution in [1.29, 1.82) is 0 Å². The fourth-order valence-corrected chi connectivity index (χ4v) is 4.34. The Morgan fingerprint density at radius 2 is 2.18 bits per heavy atom. The second-order valence-electron chi connectivity index (χ2n) is 6.79. The van der Waals surface area contributed by atoms with Gasteiger partial charge in [-0.2, -0.15) is 0 Å². The zero-order valence-electron chi connectivity index (χ0n) is 15.7. The number of nitrogens with one attached hydrogen (secondary N) is 3. The number of rotatable bonds is 5. The predicted octanol–water partition coefficient (Wildman–Crippen LogP) is 2.45. The lowest BCUT2D eigenvalue weighted by atomic mass is 10.1.